The van der Waals surface area contributed by atoms with Crippen molar-refractivity contribution in [1.29, 1.82) is 0 Å². The molecule has 0 saturated carbocycles. The van der Waals surface area contributed by atoms with E-state index in [0.29, 0.717) is 5.33 Å². The Labute approximate surface area is 114 Å². The summed E-state index contributed by atoms with van der Waals surface area (Å²) in [6.07, 6.45) is 1.43. The second-order valence-corrected chi connectivity index (χ2v) is 4.56. The van der Waals surface area contributed by atoms with Crippen molar-refractivity contribution >= 4 is 44.7 Å². The van der Waals surface area contributed by atoms with Crippen molar-refractivity contribution in [3.05, 3.63) is 29.8 Å². The first-order valence-corrected chi connectivity index (χ1v) is 6.67. The largest absolute Gasteiger partial charge is 0.387 e. The molecule has 0 amide bonds. The molecule has 15 heavy (non-hydrogen) atoms. The van der Waals surface area contributed by atoms with Gasteiger partial charge in [0.2, 0.25) is 0 Å². The summed E-state index contributed by atoms with van der Waals surface area (Å²) < 4.78 is 0. The molecule has 5 heteroatoms. The molecule has 2 nitrogen and oxygen atoms in total. The molecule has 0 bridgehead atoms. The third-order valence-corrected chi connectivity index (χ3v) is 3.53. The number of alkyl halides is 1. The normalized spacial score (nSPS) is 14.1. The highest BCUT2D eigenvalue weighted by molar-refractivity contribution is 9.09. The maximum absolute atomic E-state index is 9.79. The molecule has 3 N–H and O–H groups in total. The van der Waals surface area contributed by atoms with Crippen LogP contribution in [-0.2, 0) is 0 Å². The van der Waals surface area contributed by atoms with Crippen LogP contribution in [0.15, 0.2) is 29.2 Å². The zero-order valence-electron chi connectivity index (χ0n) is 8.39. The Balaban J connectivity index is 0.00000196. The van der Waals surface area contributed by atoms with Crippen LogP contribution >= 0.6 is 44.7 Å². The van der Waals surface area contributed by atoms with Crippen molar-refractivity contribution in [3.8, 4) is 0 Å². The maximum atomic E-state index is 9.79. The zero-order chi connectivity index (χ0) is 10.6. The second kappa shape index (κ2) is 7.68. The van der Waals surface area contributed by atoms with E-state index in [9.17, 15) is 5.11 Å². The number of aliphatic hydroxyl groups is 1. The van der Waals surface area contributed by atoms with Gasteiger partial charge in [-0.25, -0.2) is 0 Å². The van der Waals surface area contributed by atoms with Gasteiger partial charge in [-0.3, -0.25) is 0 Å². The monoisotopic (exact) mass is 355 g/mol. The molecular weight excluding hydrogens is 342 g/mol. The highest BCUT2D eigenvalue weighted by Crippen LogP contribution is 2.21. The third-order valence-electron chi connectivity index (χ3n) is 2.04. The molecule has 0 spiro atoms. The molecule has 2 atom stereocenters. The van der Waals surface area contributed by atoms with Gasteiger partial charge < -0.3 is 10.8 Å². The third kappa shape index (κ3) is 4.44. The van der Waals surface area contributed by atoms with Crippen LogP contribution < -0.4 is 5.73 Å². The number of hydrogen-bond acceptors (Lipinski definition) is 3. The molecule has 1 rings (SSSR count). The molecule has 0 fully saturated rings. The summed E-state index contributed by atoms with van der Waals surface area (Å²) in [4.78, 5) is 1.19. The summed E-state index contributed by atoms with van der Waals surface area (Å²) in [6, 6.07) is 7.56. The fraction of sp³-hybridized carbons (Fsp3) is 0.400. The van der Waals surface area contributed by atoms with Crippen LogP contribution in [0.4, 0.5) is 0 Å². The highest BCUT2D eigenvalue weighted by atomic mass is 79.9. The van der Waals surface area contributed by atoms with E-state index in [1.54, 1.807) is 11.8 Å². The summed E-state index contributed by atoms with van der Waals surface area (Å²) >= 11 is 4.93. The van der Waals surface area contributed by atoms with Crippen molar-refractivity contribution in [3.63, 3.8) is 0 Å². The van der Waals surface area contributed by atoms with Crippen LogP contribution in [0.2, 0.25) is 0 Å². The number of rotatable bonds is 4. The number of halogens is 2. The molecule has 0 saturated heterocycles. The van der Waals surface area contributed by atoms with E-state index in [1.165, 1.54) is 4.90 Å². The number of benzene rings is 1. The Kier molecular flexibility index (Phi) is 7.91. The quantitative estimate of drug-likeness (QED) is 0.644. The molecular formula is C10H15Br2NOS. The minimum Gasteiger partial charge on any atom is -0.387 e. The lowest BCUT2D eigenvalue weighted by Gasteiger charge is -2.16. The van der Waals surface area contributed by atoms with E-state index in [1.807, 2.05) is 30.5 Å². The Morgan fingerprint density at radius 2 is 1.93 bits per heavy atom. The Bertz CT molecular complexity index is 281. The van der Waals surface area contributed by atoms with Gasteiger partial charge in [-0.2, -0.15) is 0 Å². The first kappa shape index (κ1) is 15.4. The molecule has 1 aromatic carbocycles. The van der Waals surface area contributed by atoms with Gasteiger partial charge in [-0.1, -0.05) is 28.1 Å². The predicted octanol–water partition coefficient (Wildman–Crippen LogP) is 2.74. The molecule has 0 aliphatic heterocycles. The number of hydrogen-bond donors (Lipinski definition) is 2. The van der Waals surface area contributed by atoms with Gasteiger partial charge in [0.15, 0.2) is 0 Å². The number of thioether (sulfide) groups is 1. The number of nitrogens with two attached hydrogens (primary N) is 1. The first-order valence-electron chi connectivity index (χ1n) is 4.32. The van der Waals surface area contributed by atoms with Crippen LogP contribution in [0.1, 0.15) is 11.7 Å². The van der Waals surface area contributed by atoms with Gasteiger partial charge in [0, 0.05) is 16.3 Å². The summed E-state index contributed by atoms with van der Waals surface area (Å²) in [7, 11) is 0. The van der Waals surface area contributed by atoms with Crippen LogP contribution in [-0.4, -0.2) is 22.7 Å². The predicted molar refractivity (Wildman–Crippen MR) is 75.3 cm³/mol. The average molecular weight is 357 g/mol. The van der Waals surface area contributed by atoms with E-state index < -0.39 is 6.10 Å². The van der Waals surface area contributed by atoms with Crippen LogP contribution in [0, 0.1) is 0 Å². The van der Waals surface area contributed by atoms with Crippen molar-refractivity contribution < 1.29 is 5.11 Å². The van der Waals surface area contributed by atoms with E-state index in [-0.39, 0.29) is 23.0 Å². The summed E-state index contributed by atoms with van der Waals surface area (Å²) in [5.74, 6) is 0. The van der Waals surface area contributed by atoms with Crippen molar-refractivity contribution in [2.24, 2.45) is 5.73 Å². The minimum atomic E-state index is -0.592. The lowest BCUT2D eigenvalue weighted by Crippen LogP contribution is -2.29. The Hall–Kier alpha value is 0.450. The summed E-state index contributed by atoms with van der Waals surface area (Å²) in [5, 5.41) is 10.4. The maximum Gasteiger partial charge on any atom is 0.0949 e. The summed E-state index contributed by atoms with van der Waals surface area (Å²) in [6.45, 7) is 0. The van der Waals surface area contributed by atoms with Crippen LogP contribution in [0.5, 0.6) is 0 Å². The van der Waals surface area contributed by atoms with Crippen molar-refractivity contribution in [2.45, 2.75) is 17.0 Å². The van der Waals surface area contributed by atoms with Gasteiger partial charge in [0.05, 0.1) is 6.10 Å². The van der Waals surface area contributed by atoms with Crippen molar-refractivity contribution in [1.82, 2.24) is 0 Å². The molecule has 1 aromatic rings. The van der Waals surface area contributed by atoms with Gasteiger partial charge in [0.1, 0.15) is 0 Å². The van der Waals surface area contributed by atoms with E-state index >= 15 is 0 Å². The molecule has 0 aliphatic rings. The van der Waals surface area contributed by atoms with Gasteiger partial charge in [0.25, 0.3) is 0 Å². The lowest BCUT2D eigenvalue weighted by atomic mass is 10.0. The molecule has 86 valence electrons. The van der Waals surface area contributed by atoms with Gasteiger partial charge in [-0.15, -0.1) is 28.7 Å². The zero-order valence-corrected chi connectivity index (χ0v) is 12.5. The second-order valence-electron chi connectivity index (χ2n) is 3.04. The fourth-order valence-electron chi connectivity index (χ4n) is 1.13. The lowest BCUT2D eigenvalue weighted by molar-refractivity contribution is 0.155. The SMILES string of the molecule is Br.CSc1ccc([C@H](O)[C@@H](N)CBr)cc1. The molecule has 0 aliphatic carbocycles. The molecule has 0 unspecified atom stereocenters. The van der Waals surface area contributed by atoms with Gasteiger partial charge >= 0.3 is 0 Å². The smallest absolute Gasteiger partial charge is 0.0949 e. The van der Waals surface area contributed by atoms with E-state index in [4.69, 9.17) is 5.73 Å². The minimum absolute atomic E-state index is 0. The van der Waals surface area contributed by atoms with E-state index in [0.717, 1.165) is 5.56 Å². The van der Waals surface area contributed by atoms with Crippen LogP contribution in [0.25, 0.3) is 0 Å². The molecule has 0 radical (unpaired) electrons. The Morgan fingerprint density at radius 3 is 2.33 bits per heavy atom. The molecule has 0 aromatic heterocycles. The summed E-state index contributed by atoms with van der Waals surface area (Å²) in [5.41, 5.74) is 6.59. The topological polar surface area (TPSA) is 46.2 Å². The fourth-order valence-corrected chi connectivity index (χ4v) is 1.90. The van der Waals surface area contributed by atoms with Crippen LogP contribution in [0.3, 0.4) is 0 Å². The average Bonchev–Trinajstić information content (AvgIpc) is 2.27. The Morgan fingerprint density at radius 1 is 1.40 bits per heavy atom. The highest BCUT2D eigenvalue weighted by Gasteiger charge is 2.15. The van der Waals surface area contributed by atoms with E-state index in [2.05, 4.69) is 15.9 Å². The first-order chi connectivity index (χ1) is 6.69. The number of aliphatic hydroxyl groups excluding tert-OH is 1. The van der Waals surface area contributed by atoms with Gasteiger partial charge in [-0.05, 0) is 24.0 Å². The van der Waals surface area contributed by atoms with Crippen molar-refractivity contribution in [2.75, 3.05) is 11.6 Å². The standard InChI is InChI=1S/C10H14BrNOS.BrH/c1-14-8-4-2-7(3-5-8)10(13)9(12)6-11;/h2-5,9-10,13H,6,12H2,1H3;1H/t9-,10-;/m0./s1. The molecule has 0 heterocycles.